The number of nitrogens with one attached hydrogen (secondary N) is 4. The van der Waals surface area contributed by atoms with Gasteiger partial charge in [0, 0.05) is 61.9 Å². The fourth-order valence-electron chi connectivity index (χ4n) is 8.57. The van der Waals surface area contributed by atoms with Gasteiger partial charge >= 0.3 is 11.9 Å². The number of ketones is 2. The van der Waals surface area contributed by atoms with Crippen LogP contribution in [0, 0.1) is 11.8 Å². The summed E-state index contributed by atoms with van der Waals surface area (Å²) >= 11 is 2.65. The van der Waals surface area contributed by atoms with Crippen molar-refractivity contribution < 1.29 is 48.2 Å². The van der Waals surface area contributed by atoms with Gasteiger partial charge in [0.05, 0.1) is 29.2 Å². The summed E-state index contributed by atoms with van der Waals surface area (Å²) in [6, 6.07) is 19.5. The van der Waals surface area contributed by atoms with Gasteiger partial charge in [-0.15, -0.1) is 23.1 Å². The zero-order valence-corrected chi connectivity index (χ0v) is 42.3. The molecule has 4 aromatic rings. The predicted octanol–water partition coefficient (Wildman–Crippen LogP) is 6.13. The van der Waals surface area contributed by atoms with Gasteiger partial charge in [0.25, 0.3) is 0 Å². The van der Waals surface area contributed by atoms with Crippen molar-refractivity contribution in [1.82, 2.24) is 25.8 Å². The number of benzene rings is 3. The number of thiazole rings is 1. The summed E-state index contributed by atoms with van der Waals surface area (Å²) in [6.45, 7) is 3.95. The maximum absolute atomic E-state index is 13.7. The molecule has 1 aromatic heterocycles. The lowest BCUT2D eigenvalue weighted by atomic mass is 9.92. The zero-order chi connectivity index (χ0) is 51.0. The first kappa shape index (κ1) is 54.0. The molecule has 0 saturated heterocycles. The van der Waals surface area contributed by atoms with Crippen molar-refractivity contribution in [2.75, 3.05) is 51.4 Å². The molecule has 2 aliphatic rings. The summed E-state index contributed by atoms with van der Waals surface area (Å²) in [5.41, 5.74) is 5.52. The van der Waals surface area contributed by atoms with Crippen LogP contribution in [0.5, 0.6) is 0 Å². The first-order chi connectivity index (χ1) is 34.1. The number of carbonyl (C=O) groups excluding carboxylic acids is 7. The summed E-state index contributed by atoms with van der Waals surface area (Å²) in [5, 5.41) is 21.4. The van der Waals surface area contributed by atoms with E-state index in [9.17, 15) is 43.5 Å². The first-order valence-electron chi connectivity index (χ1n) is 24.1. The molecular formula is C52H63N7O10S2. The van der Waals surface area contributed by atoms with Crippen LogP contribution in [0.15, 0.2) is 71.7 Å². The zero-order valence-electron chi connectivity index (χ0n) is 40.6. The Morgan fingerprint density at radius 1 is 0.831 bits per heavy atom. The molecule has 4 amide bonds. The van der Waals surface area contributed by atoms with E-state index in [2.05, 4.69) is 43.4 Å². The van der Waals surface area contributed by atoms with Crippen LogP contribution >= 0.6 is 23.1 Å². The highest BCUT2D eigenvalue weighted by Crippen LogP contribution is 2.44. The summed E-state index contributed by atoms with van der Waals surface area (Å²) < 4.78 is 6.57. The van der Waals surface area contributed by atoms with Crippen molar-refractivity contribution in [3.8, 4) is 11.1 Å². The molecule has 6 rings (SSSR count). The van der Waals surface area contributed by atoms with Crippen LogP contribution in [0.4, 0.5) is 5.69 Å². The minimum atomic E-state index is -0.996. The lowest BCUT2D eigenvalue weighted by molar-refractivity contribution is -0.147. The van der Waals surface area contributed by atoms with Crippen LogP contribution < -0.4 is 21.3 Å². The Labute approximate surface area is 421 Å². The van der Waals surface area contributed by atoms with Crippen molar-refractivity contribution in [3.05, 3.63) is 82.9 Å². The van der Waals surface area contributed by atoms with Crippen molar-refractivity contribution in [1.29, 1.82) is 0 Å². The predicted molar refractivity (Wildman–Crippen MR) is 274 cm³/mol. The van der Waals surface area contributed by atoms with Crippen LogP contribution in [-0.4, -0.2) is 125 Å². The standard InChI is InChI=1S/C52H63N7O10S2/c1-31(44(62)25-33(13-9-11-23-53-32(2)60)49(66)56-35-19-21-42-45(27-35)71-51(57-42)50-58-43(30-70-50)52(67)68)55-46(63)22-20-36(61)28-54-48(65)34(14-10-12-24-59(3)4)26-47(64)69-29-41-39-17-7-5-15-37(39)38-16-6-8-18-40(38)41/h5-8,15-19,21,27,31,33-34,41,43H,9-14,20,22-26,28-30H2,1-4H3,(H,53,60)(H,54,65)(H,55,63)(H,56,66)(H,67,68)/t31-,33+,34+,43+/m0/s1. The maximum Gasteiger partial charge on any atom is 0.329 e. The number of carboxylic acids is 1. The SMILES string of the molecule is CC(=O)NCCCC[C@H](CC(=O)[C@H](C)NC(=O)CCC(=O)CNC(=O)[C@H](CCCCN(C)C)CC(=O)OCC1c2ccccc2-c2ccccc21)C(=O)Nc1ccc2nc(C3=N[C@@H](C(=O)O)CS3)sc2c1. The van der Waals surface area contributed by atoms with Crippen molar-refractivity contribution >= 4 is 91.2 Å². The Morgan fingerprint density at radius 3 is 2.17 bits per heavy atom. The largest absolute Gasteiger partial charge is 0.480 e. The molecular weight excluding hydrogens is 947 g/mol. The number of rotatable bonds is 28. The lowest BCUT2D eigenvalue weighted by Crippen LogP contribution is -2.40. The van der Waals surface area contributed by atoms with E-state index < -0.39 is 59.4 Å². The van der Waals surface area contributed by atoms with E-state index in [-0.39, 0.29) is 56.4 Å². The number of amides is 4. The summed E-state index contributed by atoms with van der Waals surface area (Å²) in [7, 11) is 3.92. The molecule has 2 heterocycles. The number of aliphatic carboxylic acids is 1. The van der Waals surface area contributed by atoms with Gasteiger partial charge in [0.15, 0.2) is 17.6 Å². The van der Waals surface area contributed by atoms with Crippen molar-refractivity contribution in [2.45, 2.75) is 96.1 Å². The molecule has 1 aliphatic carbocycles. The molecule has 0 bridgehead atoms. The number of fused-ring (bicyclic) bond motifs is 4. The van der Waals surface area contributed by atoms with Gasteiger partial charge in [-0.05, 0) is 93.7 Å². The van der Waals surface area contributed by atoms with Crippen LogP contribution in [0.3, 0.4) is 0 Å². The third kappa shape index (κ3) is 15.8. The summed E-state index contributed by atoms with van der Waals surface area (Å²) in [4.78, 5) is 114. The molecule has 3 aromatic carbocycles. The molecule has 1 aliphatic heterocycles. The van der Waals surface area contributed by atoms with Crippen LogP contribution in [0.2, 0.25) is 0 Å². The van der Waals surface area contributed by atoms with Crippen LogP contribution in [0.1, 0.15) is 100 Å². The van der Waals surface area contributed by atoms with Crippen LogP contribution in [-0.2, 0) is 43.1 Å². The number of Topliss-reactive ketones (excluding diaryl/α,β-unsaturated/α-hetero) is 2. The van der Waals surface area contributed by atoms with E-state index in [1.165, 1.54) is 36.9 Å². The number of nitrogens with zero attached hydrogens (tertiary/aromatic N) is 3. The number of carboxylic acid groups (broad SMARTS) is 1. The number of esters is 1. The first-order valence-corrected chi connectivity index (χ1v) is 25.9. The molecule has 378 valence electrons. The highest BCUT2D eigenvalue weighted by atomic mass is 32.2. The number of hydrogen-bond acceptors (Lipinski definition) is 14. The molecule has 19 heteroatoms. The van der Waals surface area contributed by atoms with Gasteiger partial charge in [-0.25, -0.2) is 9.78 Å². The minimum absolute atomic E-state index is 0.124. The normalized spacial score (nSPS) is 15.2. The molecule has 17 nitrogen and oxygen atoms in total. The smallest absolute Gasteiger partial charge is 0.329 e. The fraction of sp³-hybridized carbons (Fsp3) is 0.462. The lowest BCUT2D eigenvalue weighted by Gasteiger charge is -2.19. The molecule has 0 radical (unpaired) electrons. The van der Waals surface area contributed by atoms with Gasteiger partial charge in [0.1, 0.15) is 16.7 Å². The quantitative estimate of drug-likeness (QED) is 0.0318. The number of ether oxygens (including phenoxy) is 1. The maximum atomic E-state index is 13.7. The Kier molecular flexibility index (Phi) is 20.0. The van der Waals surface area contributed by atoms with E-state index in [1.807, 2.05) is 55.4 Å². The topological polar surface area (TPSA) is 243 Å². The van der Waals surface area contributed by atoms with Crippen molar-refractivity contribution in [3.63, 3.8) is 0 Å². The van der Waals surface area contributed by atoms with E-state index in [0.717, 1.165) is 39.9 Å². The van der Waals surface area contributed by atoms with Crippen molar-refractivity contribution in [2.24, 2.45) is 16.8 Å². The monoisotopic (exact) mass is 1010 g/mol. The average Bonchev–Trinajstić information content (AvgIpc) is 4.09. The highest BCUT2D eigenvalue weighted by Gasteiger charge is 2.31. The Hall–Kier alpha value is -6.31. The van der Waals surface area contributed by atoms with E-state index >= 15 is 0 Å². The number of aliphatic imine (C=N–C) groups is 1. The summed E-state index contributed by atoms with van der Waals surface area (Å²) in [5.74, 6) is -5.14. The fourth-order valence-corrected chi connectivity index (χ4v) is 10.7. The van der Waals surface area contributed by atoms with Gasteiger partial charge < -0.3 is 36.0 Å². The number of thioether (sulfide) groups is 1. The molecule has 0 saturated carbocycles. The summed E-state index contributed by atoms with van der Waals surface area (Å²) in [6.07, 6.45) is 2.59. The Bertz CT molecular complexity index is 2590. The molecule has 0 fully saturated rings. The number of anilines is 1. The molecule has 4 atom stereocenters. The van der Waals surface area contributed by atoms with E-state index in [1.54, 1.807) is 18.2 Å². The Morgan fingerprint density at radius 2 is 1.51 bits per heavy atom. The van der Waals surface area contributed by atoms with Crippen LogP contribution in [0.25, 0.3) is 21.3 Å². The number of unbranched alkanes of at least 4 members (excludes halogenated alkanes) is 2. The average molecular weight is 1010 g/mol. The second kappa shape index (κ2) is 26.2. The number of hydrogen-bond donors (Lipinski definition) is 5. The van der Waals surface area contributed by atoms with E-state index in [4.69, 9.17) is 4.74 Å². The molecule has 5 N–H and O–H groups in total. The van der Waals surface area contributed by atoms with E-state index in [0.29, 0.717) is 65.7 Å². The number of aromatic nitrogens is 1. The second-order valence-electron chi connectivity index (χ2n) is 18.3. The Balaban J connectivity index is 0.972. The van der Waals surface area contributed by atoms with Gasteiger partial charge in [-0.3, -0.25) is 38.6 Å². The third-order valence-corrected chi connectivity index (χ3v) is 14.7. The van der Waals surface area contributed by atoms with Gasteiger partial charge in [-0.1, -0.05) is 61.4 Å². The second-order valence-corrected chi connectivity index (χ2v) is 20.3. The van der Waals surface area contributed by atoms with Gasteiger partial charge in [0.2, 0.25) is 23.6 Å². The minimum Gasteiger partial charge on any atom is -0.480 e. The third-order valence-electron chi connectivity index (χ3n) is 12.5. The molecule has 0 spiro atoms. The highest BCUT2D eigenvalue weighted by molar-refractivity contribution is 8.15. The molecule has 0 unspecified atom stereocenters. The van der Waals surface area contributed by atoms with Gasteiger partial charge in [-0.2, -0.15) is 0 Å². The molecule has 71 heavy (non-hydrogen) atoms. The number of carbonyl (C=O) groups is 8.